The smallest absolute Gasteiger partial charge is 0.270 e. The minimum atomic E-state index is -0.604. The second-order valence-corrected chi connectivity index (χ2v) is 6.38. The molecule has 13 heteroatoms. The van der Waals surface area contributed by atoms with Crippen LogP contribution in [0.25, 0.3) is 0 Å². The molecule has 1 aromatic carbocycles. The van der Waals surface area contributed by atoms with E-state index in [1.165, 1.54) is 12.1 Å². The largest absolute Gasteiger partial charge is 0.396 e. The highest BCUT2D eigenvalue weighted by Crippen LogP contribution is 2.21. The lowest BCUT2D eigenvalue weighted by atomic mass is 10.2. The number of hydrogen-bond donors (Lipinski definition) is 5. The molecule has 2 rings (SSSR count). The van der Waals surface area contributed by atoms with E-state index in [0.29, 0.717) is 13.0 Å². The standard InChI is InChI=1S/C18H21ClN8O4/c1-2-6-21-16-24-17(22-7-3-10-28)26-18(25-16)23-9-8-20-15(29)13-11-12(27(30)31)4-5-14(13)19/h1,4-5,11,28H,3,6-10H2,(H,20,29)(H3,21,22,23,24,25,26). The van der Waals surface area contributed by atoms with Gasteiger partial charge in [-0.2, -0.15) is 15.0 Å². The molecule has 0 spiro atoms. The van der Waals surface area contributed by atoms with Crippen LogP contribution in [0, 0.1) is 22.5 Å². The summed E-state index contributed by atoms with van der Waals surface area (Å²) in [7, 11) is 0. The molecule has 0 saturated carbocycles. The van der Waals surface area contributed by atoms with Crippen LogP contribution < -0.4 is 21.3 Å². The summed E-state index contributed by atoms with van der Waals surface area (Å²) in [6, 6.07) is 3.64. The first kappa shape index (κ1) is 23.6. The normalized spacial score (nSPS) is 10.1. The van der Waals surface area contributed by atoms with E-state index in [1.807, 2.05) is 0 Å². The van der Waals surface area contributed by atoms with Gasteiger partial charge in [0.25, 0.3) is 11.6 Å². The van der Waals surface area contributed by atoms with Crippen LogP contribution in [0.1, 0.15) is 16.8 Å². The highest BCUT2D eigenvalue weighted by Gasteiger charge is 2.15. The third-order valence-electron chi connectivity index (χ3n) is 3.70. The van der Waals surface area contributed by atoms with Gasteiger partial charge in [-0.05, 0) is 12.5 Å². The van der Waals surface area contributed by atoms with Gasteiger partial charge in [0.2, 0.25) is 17.8 Å². The first-order chi connectivity index (χ1) is 14.9. The summed E-state index contributed by atoms with van der Waals surface area (Å²) < 4.78 is 0. The molecule has 0 saturated heterocycles. The average Bonchev–Trinajstić information content (AvgIpc) is 2.75. The van der Waals surface area contributed by atoms with E-state index in [2.05, 4.69) is 42.1 Å². The molecule has 0 unspecified atom stereocenters. The van der Waals surface area contributed by atoms with Gasteiger partial charge < -0.3 is 26.4 Å². The maximum Gasteiger partial charge on any atom is 0.270 e. The fourth-order valence-corrected chi connectivity index (χ4v) is 2.47. The third kappa shape index (κ3) is 7.57. The Labute approximate surface area is 183 Å². The molecule has 2 aromatic rings. The van der Waals surface area contributed by atoms with Crippen LogP contribution in [-0.2, 0) is 0 Å². The molecule has 12 nitrogen and oxygen atoms in total. The number of nitrogens with one attached hydrogen (secondary N) is 4. The summed E-state index contributed by atoms with van der Waals surface area (Å²) in [6.07, 6.45) is 5.75. The first-order valence-electron chi connectivity index (χ1n) is 9.18. The number of nitro benzene ring substituents is 1. The molecule has 0 aliphatic rings. The van der Waals surface area contributed by atoms with Crippen LogP contribution >= 0.6 is 11.6 Å². The van der Waals surface area contributed by atoms with E-state index in [1.54, 1.807) is 0 Å². The zero-order chi connectivity index (χ0) is 22.6. The zero-order valence-corrected chi connectivity index (χ0v) is 17.1. The maximum atomic E-state index is 12.3. The van der Waals surface area contributed by atoms with Gasteiger partial charge in [-0.3, -0.25) is 14.9 Å². The number of halogens is 1. The van der Waals surface area contributed by atoms with Gasteiger partial charge in [0.1, 0.15) is 0 Å². The molecule has 1 heterocycles. The number of terminal acetylenes is 1. The number of aliphatic hydroxyl groups excluding tert-OH is 1. The number of nitro groups is 1. The van der Waals surface area contributed by atoms with Crippen molar-refractivity contribution < 1.29 is 14.8 Å². The molecule has 0 atom stereocenters. The quantitative estimate of drug-likeness (QED) is 0.137. The Balaban J connectivity index is 1.95. The van der Waals surface area contributed by atoms with Crippen molar-refractivity contribution in [2.24, 2.45) is 0 Å². The molecular weight excluding hydrogens is 428 g/mol. The molecule has 31 heavy (non-hydrogen) atoms. The molecule has 0 fully saturated rings. The zero-order valence-electron chi connectivity index (χ0n) is 16.4. The number of rotatable bonds is 12. The number of nitrogens with zero attached hydrogens (tertiary/aromatic N) is 4. The SMILES string of the molecule is C#CCNc1nc(NCCCO)nc(NCCNC(=O)c2cc([N+](=O)[O-])ccc2Cl)n1. The van der Waals surface area contributed by atoms with Gasteiger partial charge >= 0.3 is 0 Å². The number of carbonyl (C=O) groups is 1. The number of anilines is 3. The van der Waals surface area contributed by atoms with Crippen LogP contribution in [0.3, 0.4) is 0 Å². The average molecular weight is 449 g/mol. The number of aromatic nitrogens is 3. The number of hydrogen-bond acceptors (Lipinski definition) is 10. The number of amides is 1. The van der Waals surface area contributed by atoms with E-state index >= 15 is 0 Å². The Hall–Kier alpha value is -3.69. The van der Waals surface area contributed by atoms with Crippen LogP contribution in [0.5, 0.6) is 0 Å². The van der Waals surface area contributed by atoms with Crippen LogP contribution in [0.4, 0.5) is 23.5 Å². The summed E-state index contributed by atoms with van der Waals surface area (Å²) in [6.45, 7) is 1.14. The molecule has 0 aliphatic carbocycles. The Morgan fingerprint density at radius 2 is 1.77 bits per heavy atom. The minimum Gasteiger partial charge on any atom is -0.396 e. The molecule has 0 radical (unpaired) electrons. The lowest BCUT2D eigenvalue weighted by Gasteiger charge is -2.11. The lowest BCUT2D eigenvalue weighted by molar-refractivity contribution is -0.384. The molecule has 1 amide bonds. The third-order valence-corrected chi connectivity index (χ3v) is 4.03. The van der Waals surface area contributed by atoms with Crippen molar-refractivity contribution in [2.45, 2.75) is 6.42 Å². The summed E-state index contributed by atoms with van der Waals surface area (Å²) >= 11 is 5.96. The van der Waals surface area contributed by atoms with Crippen LogP contribution in [0.2, 0.25) is 5.02 Å². The van der Waals surface area contributed by atoms with Gasteiger partial charge in [0.05, 0.1) is 22.1 Å². The molecule has 0 aliphatic heterocycles. The second-order valence-electron chi connectivity index (χ2n) is 5.97. The maximum absolute atomic E-state index is 12.3. The summed E-state index contributed by atoms with van der Waals surface area (Å²) in [5.74, 6) is 2.66. The van der Waals surface area contributed by atoms with Crippen molar-refractivity contribution in [3.63, 3.8) is 0 Å². The van der Waals surface area contributed by atoms with Gasteiger partial charge in [-0.1, -0.05) is 17.5 Å². The summed E-state index contributed by atoms with van der Waals surface area (Å²) in [5, 5.41) is 31.2. The van der Waals surface area contributed by atoms with E-state index in [0.717, 1.165) is 6.07 Å². The number of aliphatic hydroxyl groups is 1. The van der Waals surface area contributed by atoms with Gasteiger partial charge in [0.15, 0.2) is 0 Å². The van der Waals surface area contributed by atoms with Gasteiger partial charge in [-0.25, -0.2) is 0 Å². The first-order valence-corrected chi connectivity index (χ1v) is 9.56. The monoisotopic (exact) mass is 448 g/mol. The summed E-state index contributed by atoms with van der Waals surface area (Å²) in [4.78, 5) is 35.1. The Kier molecular flexibility index (Phi) is 9.21. The molecule has 164 valence electrons. The van der Waals surface area contributed by atoms with Crippen molar-refractivity contribution in [2.75, 3.05) is 48.7 Å². The van der Waals surface area contributed by atoms with Crippen molar-refractivity contribution in [1.82, 2.24) is 20.3 Å². The van der Waals surface area contributed by atoms with E-state index in [4.69, 9.17) is 23.1 Å². The lowest BCUT2D eigenvalue weighted by Crippen LogP contribution is -2.29. The fourth-order valence-electron chi connectivity index (χ4n) is 2.27. The molecule has 0 bridgehead atoms. The molecule has 1 aromatic heterocycles. The number of carbonyl (C=O) groups excluding carboxylic acids is 1. The predicted octanol–water partition coefficient (Wildman–Crippen LogP) is 1.11. The van der Waals surface area contributed by atoms with Crippen molar-refractivity contribution in [1.29, 1.82) is 0 Å². The fraction of sp³-hybridized carbons (Fsp3) is 0.333. The van der Waals surface area contributed by atoms with Crippen molar-refractivity contribution in [3.8, 4) is 12.3 Å². The molecule has 5 N–H and O–H groups in total. The Morgan fingerprint density at radius 3 is 2.39 bits per heavy atom. The summed E-state index contributed by atoms with van der Waals surface area (Å²) in [5.41, 5.74) is -0.224. The number of non-ortho nitro benzene ring substituents is 1. The van der Waals surface area contributed by atoms with E-state index in [-0.39, 0.29) is 60.4 Å². The minimum absolute atomic E-state index is 0.00664. The highest BCUT2D eigenvalue weighted by atomic mass is 35.5. The van der Waals surface area contributed by atoms with Gasteiger partial charge in [-0.15, -0.1) is 6.42 Å². The van der Waals surface area contributed by atoms with Crippen molar-refractivity contribution >= 4 is 41.0 Å². The van der Waals surface area contributed by atoms with Crippen molar-refractivity contribution in [3.05, 3.63) is 38.9 Å². The van der Waals surface area contributed by atoms with Gasteiger partial charge in [0, 0.05) is 38.4 Å². The Morgan fingerprint density at radius 1 is 1.13 bits per heavy atom. The van der Waals surface area contributed by atoms with Crippen LogP contribution in [-0.4, -0.2) is 63.7 Å². The Bertz CT molecular complexity index is 966. The van der Waals surface area contributed by atoms with E-state index < -0.39 is 10.8 Å². The predicted molar refractivity (Wildman–Crippen MR) is 116 cm³/mol. The van der Waals surface area contributed by atoms with Crippen LogP contribution in [0.15, 0.2) is 18.2 Å². The highest BCUT2D eigenvalue weighted by molar-refractivity contribution is 6.33. The molecular formula is C18H21ClN8O4. The van der Waals surface area contributed by atoms with E-state index in [9.17, 15) is 14.9 Å². The number of benzene rings is 1. The topological polar surface area (TPSA) is 167 Å². The second kappa shape index (κ2) is 12.1.